The lowest BCUT2D eigenvalue weighted by Crippen LogP contribution is -2.15. The quantitative estimate of drug-likeness (QED) is 0.468. The molecule has 29 heavy (non-hydrogen) atoms. The van der Waals surface area contributed by atoms with Gasteiger partial charge in [0.15, 0.2) is 5.69 Å². The predicted molar refractivity (Wildman–Crippen MR) is 114 cm³/mol. The molecule has 0 saturated heterocycles. The Hall–Kier alpha value is -3.13. The summed E-state index contributed by atoms with van der Waals surface area (Å²) in [5.41, 5.74) is 3.55. The normalized spacial score (nSPS) is 11.7. The molecule has 0 fully saturated rings. The highest BCUT2D eigenvalue weighted by molar-refractivity contribution is 7.99. The van der Waals surface area contributed by atoms with Crippen molar-refractivity contribution in [1.29, 1.82) is 0 Å². The minimum Gasteiger partial charge on any atom is -0.409 e. The molecule has 2 aromatic carbocycles. The lowest BCUT2D eigenvalue weighted by atomic mass is 9.87. The summed E-state index contributed by atoms with van der Waals surface area (Å²) in [6, 6.07) is 15.6. The Kier molecular flexibility index (Phi) is 5.10. The Morgan fingerprint density at radius 2 is 1.86 bits per heavy atom. The number of aromatic nitrogens is 4. The lowest BCUT2D eigenvalue weighted by Gasteiger charge is -2.19. The van der Waals surface area contributed by atoms with Crippen LogP contribution in [0, 0.1) is 0 Å². The number of para-hydroxylation sites is 1. The number of anilines is 1. The number of amides is 1. The van der Waals surface area contributed by atoms with Crippen LogP contribution in [0.1, 0.15) is 26.3 Å². The van der Waals surface area contributed by atoms with Gasteiger partial charge in [0.2, 0.25) is 5.91 Å². The van der Waals surface area contributed by atoms with Gasteiger partial charge in [0.25, 0.3) is 11.1 Å². The van der Waals surface area contributed by atoms with Gasteiger partial charge in [-0.2, -0.15) is 5.10 Å². The fourth-order valence-electron chi connectivity index (χ4n) is 2.87. The molecule has 0 atom stereocenters. The maximum Gasteiger partial charge on any atom is 0.277 e. The van der Waals surface area contributed by atoms with E-state index in [0.29, 0.717) is 16.8 Å². The number of fused-ring (bicyclic) bond motifs is 1. The zero-order chi connectivity index (χ0) is 20.4. The second-order valence-corrected chi connectivity index (χ2v) is 8.58. The first-order chi connectivity index (χ1) is 13.9. The van der Waals surface area contributed by atoms with E-state index in [9.17, 15) is 4.79 Å². The molecule has 0 spiro atoms. The van der Waals surface area contributed by atoms with E-state index in [1.807, 2.05) is 48.5 Å². The SMILES string of the molecule is CC(C)(C)c1ccc(NC(=O)CSc2nnc(-c3n[nH]c4ccccc34)o2)cc1. The number of carbonyl (C=O) groups is 1. The fourth-order valence-corrected chi connectivity index (χ4v) is 3.43. The van der Waals surface area contributed by atoms with Crippen molar-refractivity contribution < 1.29 is 9.21 Å². The topological polar surface area (TPSA) is 96.7 Å². The summed E-state index contributed by atoms with van der Waals surface area (Å²) in [5, 5.41) is 19.4. The average Bonchev–Trinajstić information content (AvgIpc) is 3.33. The molecule has 0 aliphatic rings. The number of benzene rings is 2. The highest BCUT2D eigenvalue weighted by Gasteiger charge is 2.16. The van der Waals surface area contributed by atoms with Crippen molar-refractivity contribution in [3.63, 3.8) is 0 Å². The average molecular weight is 407 g/mol. The largest absolute Gasteiger partial charge is 0.409 e. The Balaban J connectivity index is 1.37. The maximum absolute atomic E-state index is 12.2. The van der Waals surface area contributed by atoms with E-state index >= 15 is 0 Å². The van der Waals surface area contributed by atoms with Gasteiger partial charge in [0.1, 0.15) is 0 Å². The van der Waals surface area contributed by atoms with Crippen molar-refractivity contribution >= 4 is 34.3 Å². The van der Waals surface area contributed by atoms with Crippen LogP contribution in [0.2, 0.25) is 0 Å². The molecule has 4 rings (SSSR count). The molecule has 148 valence electrons. The summed E-state index contributed by atoms with van der Waals surface area (Å²) in [5.74, 6) is 0.357. The summed E-state index contributed by atoms with van der Waals surface area (Å²) in [7, 11) is 0. The van der Waals surface area contributed by atoms with E-state index in [0.717, 1.165) is 16.6 Å². The Labute approximate surface area is 172 Å². The van der Waals surface area contributed by atoms with Gasteiger partial charge >= 0.3 is 0 Å². The molecule has 0 aliphatic heterocycles. The molecule has 2 heterocycles. The van der Waals surface area contributed by atoms with Gasteiger partial charge < -0.3 is 9.73 Å². The minimum absolute atomic E-state index is 0.0771. The second kappa shape index (κ2) is 7.71. The summed E-state index contributed by atoms with van der Waals surface area (Å²) in [4.78, 5) is 12.2. The molecule has 0 aliphatic carbocycles. The summed E-state index contributed by atoms with van der Waals surface area (Å²) >= 11 is 1.19. The van der Waals surface area contributed by atoms with Crippen molar-refractivity contribution in [3.05, 3.63) is 54.1 Å². The van der Waals surface area contributed by atoms with E-state index in [-0.39, 0.29) is 17.1 Å². The van der Waals surface area contributed by atoms with E-state index in [1.165, 1.54) is 17.3 Å². The molecule has 2 aromatic heterocycles. The van der Waals surface area contributed by atoms with E-state index in [4.69, 9.17) is 4.42 Å². The van der Waals surface area contributed by atoms with Crippen molar-refractivity contribution in [1.82, 2.24) is 20.4 Å². The molecule has 1 amide bonds. The van der Waals surface area contributed by atoms with Crippen LogP contribution in [0.25, 0.3) is 22.5 Å². The number of H-pyrrole nitrogens is 1. The number of nitrogens with one attached hydrogen (secondary N) is 2. The van der Waals surface area contributed by atoms with Crippen molar-refractivity contribution in [2.24, 2.45) is 0 Å². The lowest BCUT2D eigenvalue weighted by molar-refractivity contribution is -0.113. The molecule has 8 heteroatoms. The van der Waals surface area contributed by atoms with Gasteiger partial charge in [-0.25, -0.2) is 0 Å². The number of aromatic amines is 1. The first-order valence-electron chi connectivity index (χ1n) is 9.20. The van der Waals surface area contributed by atoms with Gasteiger partial charge in [0.05, 0.1) is 11.3 Å². The third-order valence-electron chi connectivity index (χ3n) is 4.44. The molecule has 7 nitrogen and oxygen atoms in total. The van der Waals surface area contributed by atoms with Crippen LogP contribution in [0.5, 0.6) is 0 Å². The fraction of sp³-hybridized carbons (Fsp3) is 0.238. The first kappa shape index (κ1) is 19.2. The van der Waals surface area contributed by atoms with Crippen molar-refractivity contribution in [2.75, 3.05) is 11.1 Å². The second-order valence-electron chi connectivity index (χ2n) is 7.66. The number of nitrogens with zero attached hydrogens (tertiary/aromatic N) is 3. The molecule has 2 N–H and O–H groups in total. The van der Waals surface area contributed by atoms with Crippen LogP contribution in [0.3, 0.4) is 0 Å². The van der Waals surface area contributed by atoms with Crippen molar-refractivity contribution in [2.45, 2.75) is 31.4 Å². The summed E-state index contributed by atoms with van der Waals surface area (Å²) in [6.45, 7) is 6.46. The van der Waals surface area contributed by atoms with Gasteiger partial charge in [-0.05, 0) is 29.2 Å². The highest BCUT2D eigenvalue weighted by atomic mass is 32.2. The highest BCUT2D eigenvalue weighted by Crippen LogP contribution is 2.28. The Morgan fingerprint density at radius 1 is 1.10 bits per heavy atom. The molecule has 0 bridgehead atoms. The van der Waals surface area contributed by atoms with Gasteiger partial charge in [-0.3, -0.25) is 9.89 Å². The standard InChI is InChI=1S/C21H21N5O2S/c1-21(2,3)13-8-10-14(11-9-13)22-17(27)12-29-20-26-25-19(28-20)18-15-6-4-5-7-16(15)23-24-18/h4-11H,12H2,1-3H3,(H,22,27)(H,23,24). The third kappa shape index (κ3) is 4.32. The smallest absolute Gasteiger partial charge is 0.277 e. The number of rotatable bonds is 5. The minimum atomic E-state index is -0.136. The van der Waals surface area contributed by atoms with E-state index in [1.54, 1.807) is 0 Å². The molecule has 0 saturated carbocycles. The molecule has 0 unspecified atom stereocenters. The summed E-state index contributed by atoms with van der Waals surface area (Å²) in [6.07, 6.45) is 0. The van der Waals surface area contributed by atoms with Gasteiger partial charge in [-0.1, -0.05) is 62.9 Å². The van der Waals surface area contributed by atoms with Crippen LogP contribution in [0.4, 0.5) is 5.69 Å². The van der Waals surface area contributed by atoms with Crippen LogP contribution in [-0.4, -0.2) is 32.1 Å². The van der Waals surface area contributed by atoms with Crippen LogP contribution >= 0.6 is 11.8 Å². The predicted octanol–water partition coefficient (Wildman–Crippen LogP) is 4.64. The number of hydrogen-bond acceptors (Lipinski definition) is 6. The number of carbonyl (C=O) groups excluding carboxylic acids is 1. The molecule has 0 radical (unpaired) electrons. The van der Waals surface area contributed by atoms with Crippen LogP contribution < -0.4 is 5.32 Å². The number of hydrogen-bond donors (Lipinski definition) is 2. The number of thioether (sulfide) groups is 1. The zero-order valence-electron chi connectivity index (χ0n) is 16.4. The van der Waals surface area contributed by atoms with Crippen LogP contribution in [-0.2, 0) is 10.2 Å². The van der Waals surface area contributed by atoms with E-state index < -0.39 is 0 Å². The Morgan fingerprint density at radius 3 is 2.62 bits per heavy atom. The van der Waals surface area contributed by atoms with Gasteiger partial charge in [-0.15, -0.1) is 10.2 Å². The first-order valence-corrected chi connectivity index (χ1v) is 10.2. The zero-order valence-corrected chi connectivity index (χ0v) is 17.2. The Bertz CT molecular complexity index is 1140. The van der Waals surface area contributed by atoms with E-state index in [2.05, 4.69) is 46.5 Å². The molecular weight excluding hydrogens is 386 g/mol. The van der Waals surface area contributed by atoms with Gasteiger partial charge in [0, 0.05) is 11.1 Å². The third-order valence-corrected chi connectivity index (χ3v) is 5.26. The molecule has 4 aromatic rings. The molecular formula is C21H21N5O2S. The monoisotopic (exact) mass is 407 g/mol. The van der Waals surface area contributed by atoms with Crippen molar-refractivity contribution in [3.8, 4) is 11.6 Å². The van der Waals surface area contributed by atoms with Crippen LogP contribution in [0.15, 0.2) is 58.2 Å². The summed E-state index contributed by atoms with van der Waals surface area (Å²) < 4.78 is 5.67. The maximum atomic E-state index is 12.2.